The molecule has 46 valence electrons. The third kappa shape index (κ3) is 0.614. The van der Waals surface area contributed by atoms with E-state index in [0.717, 1.165) is 18.1 Å². The molecule has 0 aromatic heterocycles. The molecule has 0 atom stereocenters. The second kappa shape index (κ2) is 1.62. The van der Waals surface area contributed by atoms with Crippen LogP contribution in [0.4, 0.5) is 0 Å². The molecule has 0 aromatic carbocycles. The average Bonchev–Trinajstić information content (AvgIpc) is 2.33. The summed E-state index contributed by atoms with van der Waals surface area (Å²) in [6.45, 7) is 0.804. The van der Waals surface area contributed by atoms with Crippen LogP contribution >= 0.6 is 0 Å². The zero-order valence-electron chi connectivity index (χ0n) is 4.89. The highest BCUT2D eigenvalue weighted by Gasteiger charge is 2.09. The lowest BCUT2D eigenvalue weighted by Crippen LogP contribution is -2.29. The van der Waals surface area contributed by atoms with Crippen molar-refractivity contribution in [2.45, 2.75) is 0 Å². The van der Waals surface area contributed by atoms with Crippen LogP contribution in [0.15, 0.2) is 28.7 Å². The molecule has 0 fully saturated rings. The Morgan fingerprint density at radius 3 is 3.44 bits per heavy atom. The molecule has 2 aliphatic rings. The lowest BCUT2D eigenvalue weighted by molar-refractivity contribution is 0.707. The third-order valence-corrected chi connectivity index (χ3v) is 1.35. The number of aliphatic imine (C=N–C) groups is 1. The summed E-state index contributed by atoms with van der Waals surface area (Å²) < 4.78 is 0. The minimum atomic E-state index is 0.804. The fourth-order valence-corrected chi connectivity index (χ4v) is 0.905. The molecule has 0 saturated carbocycles. The van der Waals surface area contributed by atoms with Crippen molar-refractivity contribution in [3.8, 4) is 0 Å². The minimum Gasteiger partial charge on any atom is -0.372 e. The van der Waals surface area contributed by atoms with E-state index in [0.29, 0.717) is 0 Å². The first kappa shape index (κ1) is 4.61. The summed E-state index contributed by atoms with van der Waals surface area (Å²) >= 11 is 0. The van der Waals surface area contributed by atoms with Crippen molar-refractivity contribution in [1.82, 2.24) is 10.6 Å². The van der Waals surface area contributed by atoms with E-state index < -0.39 is 0 Å². The fourth-order valence-electron chi connectivity index (χ4n) is 0.905. The van der Waals surface area contributed by atoms with Gasteiger partial charge in [-0.2, -0.15) is 0 Å². The molecule has 2 rings (SSSR count). The van der Waals surface area contributed by atoms with Crippen LogP contribution in [-0.4, -0.2) is 12.9 Å². The third-order valence-electron chi connectivity index (χ3n) is 1.35. The van der Waals surface area contributed by atoms with Crippen molar-refractivity contribution >= 4 is 6.21 Å². The van der Waals surface area contributed by atoms with Gasteiger partial charge >= 0.3 is 0 Å². The first-order valence-corrected chi connectivity index (χ1v) is 2.89. The number of hydrogen-bond donors (Lipinski definition) is 2. The Kier molecular flexibility index (Phi) is 0.828. The van der Waals surface area contributed by atoms with E-state index in [-0.39, 0.29) is 0 Å². The van der Waals surface area contributed by atoms with Crippen molar-refractivity contribution in [3.05, 3.63) is 23.7 Å². The Morgan fingerprint density at radius 1 is 1.56 bits per heavy atom. The molecular formula is C6H7N3. The highest BCUT2D eigenvalue weighted by Crippen LogP contribution is 2.12. The van der Waals surface area contributed by atoms with Gasteiger partial charge in [0.15, 0.2) is 0 Å². The Morgan fingerprint density at radius 2 is 2.56 bits per heavy atom. The van der Waals surface area contributed by atoms with Gasteiger partial charge in [-0.15, -0.1) is 0 Å². The van der Waals surface area contributed by atoms with Crippen LogP contribution in [0.2, 0.25) is 0 Å². The summed E-state index contributed by atoms with van der Waals surface area (Å²) in [5.74, 6) is 0. The zero-order valence-corrected chi connectivity index (χ0v) is 4.89. The Bertz CT molecular complexity index is 212. The standard InChI is InChI=1S/C6H7N3/c1-2-8-6-3-7-4-9-5(1)6/h1-3,7,9H,4H2. The SMILES string of the molecule is C1=NC2=CNCNC2=C1. The van der Waals surface area contributed by atoms with Gasteiger partial charge in [-0.25, -0.2) is 0 Å². The predicted molar refractivity (Wildman–Crippen MR) is 35.8 cm³/mol. The smallest absolute Gasteiger partial charge is 0.102 e. The van der Waals surface area contributed by atoms with Crippen LogP contribution in [0.5, 0.6) is 0 Å². The summed E-state index contributed by atoms with van der Waals surface area (Å²) in [5.41, 5.74) is 2.12. The molecule has 0 amide bonds. The topological polar surface area (TPSA) is 36.4 Å². The van der Waals surface area contributed by atoms with Crippen molar-refractivity contribution < 1.29 is 0 Å². The van der Waals surface area contributed by atoms with Gasteiger partial charge in [0.25, 0.3) is 0 Å². The molecule has 2 heterocycles. The maximum atomic E-state index is 4.08. The molecular weight excluding hydrogens is 114 g/mol. The van der Waals surface area contributed by atoms with E-state index in [1.165, 1.54) is 0 Å². The van der Waals surface area contributed by atoms with Gasteiger partial charge in [0.1, 0.15) is 5.70 Å². The number of allylic oxidation sites excluding steroid dienone is 1. The van der Waals surface area contributed by atoms with Crippen LogP contribution in [0.25, 0.3) is 0 Å². The lowest BCUT2D eigenvalue weighted by Gasteiger charge is -2.13. The van der Waals surface area contributed by atoms with Crippen molar-refractivity contribution in [2.24, 2.45) is 4.99 Å². The summed E-state index contributed by atoms with van der Waals surface area (Å²) in [6, 6.07) is 0. The molecule has 0 bridgehead atoms. The number of nitrogens with zero attached hydrogens (tertiary/aromatic N) is 1. The molecule has 0 unspecified atom stereocenters. The van der Waals surface area contributed by atoms with E-state index in [9.17, 15) is 0 Å². The molecule has 0 aromatic rings. The average molecular weight is 121 g/mol. The van der Waals surface area contributed by atoms with Crippen molar-refractivity contribution in [1.29, 1.82) is 0 Å². The zero-order chi connectivity index (χ0) is 6.10. The van der Waals surface area contributed by atoms with Gasteiger partial charge in [0.05, 0.1) is 12.4 Å². The van der Waals surface area contributed by atoms with Gasteiger partial charge < -0.3 is 10.6 Å². The predicted octanol–water partition coefficient (Wildman–Crippen LogP) is -0.0536. The quantitative estimate of drug-likeness (QED) is 0.471. The maximum absolute atomic E-state index is 4.08. The molecule has 3 nitrogen and oxygen atoms in total. The van der Waals surface area contributed by atoms with Crippen LogP contribution in [0.1, 0.15) is 0 Å². The van der Waals surface area contributed by atoms with E-state index in [1.807, 2.05) is 12.3 Å². The van der Waals surface area contributed by atoms with Gasteiger partial charge in [-0.3, -0.25) is 4.99 Å². The second-order valence-electron chi connectivity index (χ2n) is 1.95. The van der Waals surface area contributed by atoms with Crippen LogP contribution in [0.3, 0.4) is 0 Å². The molecule has 3 heteroatoms. The van der Waals surface area contributed by atoms with Crippen molar-refractivity contribution in [2.75, 3.05) is 6.67 Å². The summed E-state index contributed by atoms with van der Waals surface area (Å²) in [6.07, 6.45) is 5.67. The van der Waals surface area contributed by atoms with Gasteiger partial charge in [0, 0.05) is 12.4 Å². The monoisotopic (exact) mass is 121 g/mol. The van der Waals surface area contributed by atoms with Crippen LogP contribution < -0.4 is 10.6 Å². The summed E-state index contributed by atoms with van der Waals surface area (Å²) in [7, 11) is 0. The van der Waals surface area contributed by atoms with Crippen LogP contribution in [0, 0.1) is 0 Å². The minimum absolute atomic E-state index is 0.804. The number of hydrogen-bond acceptors (Lipinski definition) is 3. The molecule has 2 aliphatic heterocycles. The Labute approximate surface area is 53.2 Å². The molecule has 9 heavy (non-hydrogen) atoms. The van der Waals surface area contributed by atoms with Gasteiger partial charge in [-0.05, 0) is 6.08 Å². The number of fused-ring (bicyclic) bond motifs is 1. The molecule has 0 saturated heterocycles. The highest BCUT2D eigenvalue weighted by molar-refractivity contribution is 5.79. The van der Waals surface area contributed by atoms with E-state index >= 15 is 0 Å². The Hall–Kier alpha value is -1.25. The van der Waals surface area contributed by atoms with E-state index in [2.05, 4.69) is 15.6 Å². The fraction of sp³-hybridized carbons (Fsp3) is 0.167. The highest BCUT2D eigenvalue weighted by atomic mass is 15.1. The van der Waals surface area contributed by atoms with Gasteiger partial charge in [-0.1, -0.05) is 0 Å². The summed E-state index contributed by atoms with van der Waals surface area (Å²) in [5, 5.41) is 6.17. The summed E-state index contributed by atoms with van der Waals surface area (Å²) in [4.78, 5) is 4.08. The van der Waals surface area contributed by atoms with Crippen molar-refractivity contribution in [3.63, 3.8) is 0 Å². The molecule has 0 aliphatic carbocycles. The number of rotatable bonds is 0. The lowest BCUT2D eigenvalue weighted by atomic mass is 10.3. The number of nitrogens with one attached hydrogen (secondary N) is 2. The van der Waals surface area contributed by atoms with E-state index in [4.69, 9.17) is 0 Å². The molecule has 2 N–H and O–H groups in total. The Balaban J connectivity index is 2.38. The van der Waals surface area contributed by atoms with Gasteiger partial charge in [0.2, 0.25) is 0 Å². The second-order valence-corrected chi connectivity index (χ2v) is 1.95. The van der Waals surface area contributed by atoms with Crippen LogP contribution in [-0.2, 0) is 0 Å². The molecule has 0 spiro atoms. The normalized spacial score (nSPS) is 21.3. The largest absolute Gasteiger partial charge is 0.372 e. The van der Waals surface area contributed by atoms with E-state index in [1.54, 1.807) is 6.21 Å². The first-order chi connectivity index (χ1) is 4.47. The maximum Gasteiger partial charge on any atom is 0.102 e. The first-order valence-electron chi connectivity index (χ1n) is 2.89. The molecule has 0 radical (unpaired) electrons.